The van der Waals surface area contributed by atoms with Crippen LogP contribution in [0.5, 0.6) is 0 Å². The normalized spacial score (nSPS) is 15.6. The first-order valence-electron chi connectivity index (χ1n) is 15.7. The van der Waals surface area contributed by atoms with E-state index in [0.29, 0.717) is 0 Å². The van der Waals surface area contributed by atoms with Crippen LogP contribution in [0.4, 0.5) is 0 Å². The predicted octanol–water partition coefficient (Wildman–Crippen LogP) is 10.3. The Morgan fingerprint density at radius 3 is 1.93 bits per heavy atom. The van der Waals surface area contributed by atoms with Gasteiger partial charge in [0.1, 0.15) is 0 Å². The van der Waals surface area contributed by atoms with Crippen molar-refractivity contribution in [2.24, 2.45) is 5.92 Å². The van der Waals surface area contributed by atoms with Gasteiger partial charge in [0.2, 0.25) is 0 Å². The number of benzene rings is 6. The van der Waals surface area contributed by atoms with Gasteiger partial charge in [0.15, 0.2) is 0 Å². The van der Waals surface area contributed by atoms with Gasteiger partial charge in [-0.2, -0.15) is 0 Å². The molecule has 1 heterocycles. The van der Waals surface area contributed by atoms with Gasteiger partial charge in [0, 0.05) is 26.1 Å². The van der Waals surface area contributed by atoms with Crippen LogP contribution >= 0.6 is 11.3 Å². The minimum atomic E-state index is 0.284. The highest BCUT2D eigenvalue weighted by atomic mass is 32.1. The summed E-state index contributed by atoms with van der Waals surface area (Å²) in [6.45, 7) is 0. The second-order valence-corrected chi connectivity index (χ2v) is 13.1. The Balaban J connectivity index is 1.32. The van der Waals surface area contributed by atoms with Crippen molar-refractivity contribution in [3.8, 4) is 22.3 Å². The molecule has 0 saturated carbocycles. The lowest BCUT2D eigenvalue weighted by atomic mass is 9.72. The van der Waals surface area contributed by atoms with Crippen molar-refractivity contribution in [3.63, 3.8) is 0 Å². The Morgan fingerprint density at radius 2 is 1.16 bits per heavy atom. The molecule has 2 aliphatic carbocycles. The Bertz CT molecular complexity index is 2420. The lowest BCUT2D eigenvalue weighted by molar-refractivity contribution is 0.799. The summed E-state index contributed by atoms with van der Waals surface area (Å²) in [5.74, 6) is 0.284. The van der Waals surface area contributed by atoms with Crippen LogP contribution in [-0.4, -0.2) is 0 Å². The predicted molar refractivity (Wildman–Crippen MR) is 193 cm³/mol. The molecule has 1 heteroatoms. The lowest BCUT2D eigenvalue weighted by Gasteiger charge is -2.31. The molecular formula is C44H30S. The number of hydrogen-bond donors (Lipinski definition) is 0. The van der Waals surface area contributed by atoms with Crippen molar-refractivity contribution in [1.29, 1.82) is 0 Å². The summed E-state index contributed by atoms with van der Waals surface area (Å²) in [7, 11) is 0. The smallest absolute Gasteiger partial charge is 0.0361 e. The third-order valence-corrected chi connectivity index (χ3v) is 10.6. The number of hydrogen-bond acceptors (Lipinski definition) is 1. The number of rotatable bonds is 4. The molecule has 212 valence electrons. The molecule has 1 atom stereocenters. The second kappa shape index (κ2) is 10.7. The molecule has 0 radical (unpaired) electrons. The summed E-state index contributed by atoms with van der Waals surface area (Å²) in [5.41, 5.74) is 11.9. The second-order valence-electron chi connectivity index (χ2n) is 12.0. The van der Waals surface area contributed by atoms with Crippen LogP contribution in [0.1, 0.15) is 17.5 Å². The molecule has 45 heavy (non-hydrogen) atoms. The van der Waals surface area contributed by atoms with E-state index >= 15 is 0 Å². The van der Waals surface area contributed by atoms with Gasteiger partial charge in [-0.3, -0.25) is 0 Å². The van der Waals surface area contributed by atoms with Gasteiger partial charge < -0.3 is 0 Å². The molecule has 6 aromatic carbocycles. The number of thiophene rings is 1. The standard InChI is InChI=1S/C44H30S/c1-3-12-29(13-4-1)31-22-24-32(25-23-31)42-34-16-7-9-18-36(34)43(37-19-10-8-17-35(37)42)38-20-11-21-41-44(38)39-28-33(26-27-40(39)45-41)30-14-5-2-6-15-30/h1-18,20-28,37H,19H2. The van der Waals surface area contributed by atoms with Gasteiger partial charge >= 0.3 is 0 Å². The van der Waals surface area contributed by atoms with Crippen molar-refractivity contribution in [2.45, 2.75) is 6.42 Å². The Labute approximate surface area is 267 Å². The van der Waals surface area contributed by atoms with Crippen LogP contribution in [0.3, 0.4) is 0 Å². The van der Waals surface area contributed by atoms with Crippen molar-refractivity contribution in [3.05, 3.63) is 191 Å². The fourth-order valence-electron chi connectivity index (χ4n) is 7.42. The zero-order chi connectivity index (χ0) is 29.7. The maximum absolute atomic E-state index is 2.41. The van der Waals surface area contributed by atoms with E-state index in [1.54, 1.807) is 0 Å². The van der Waals surface area contributed by atoms with Crippen LogP contribution in [0.2, 0.25) is 0 Å². The highest BCUT2D eigenvalue weighted by Gasteiger charge is 2.30. The van der Waals surface area contributed by atoms with Crippen LogP contribution in [-0.2, 0) is 0 Å². The summed E-state index contributed by atoms with van der Waals surface area (Å²) >= 11 is 1.90. The Kier molecular flexibility index (Phi) is 6.25. The van der Waals surface area contributed by atoms with E-state index in [1.165, 1.54) is 80.7 Å². The molecule has 0 amide bonds. The first kappa shape index (κ1) is 26.2. The van der Waals surface area contributed by atoms with E-state index in [1.807, 2.05) is 11.3 Å². The van der Waals surface area contributed by atoms with Gasteiger partial charge in [0.25, 0.3) is 0 Å². The van der Waals surface area contributed by atoms with E-state index in [4.69, 9.17) is 0 Å². The molecule has 2 aliphatic rings. The topological polar surface area (TPSA) is 0 Å². The van der Waals surface area contributed by atoms with Crippen molar-refractivity contribution in [1.82, 2.24) is 0 Å². The summed E-state index contributed by atoms with van der Waals surface area (Å²) < 4.78 is 2.69. The maximum atomic E-state index is 2.41. The fraction of sp³-hybridized carbons (Fsp3) is 0.0455. The fourth-order valence-corrected chi connectivity index (χ4v) is 8.53. The molecule has 7 aromatic rings. The maximum Gasteiger partial charge on any atom is 0.0361 e. The molecule has 0 fully saturated rings. The van der Waals surface area contributed by atoms with Crippen LogP contribution in [0, 0.1) is 5.92 Å². The van der Waals surface area contributed by atoms with Gasteiger partial charge in [-0.25, -0.2) is 0 Å². The third kappa shape index (κ3) is 4.35. The highest BCUT2D eigenvalue weighted by Crippen LogP contribution is 2.45. The average Bonchev–Trinajstić information content (AvgIpc) is 3.50. The van der Waals surface area contributed by atoms with E-state index in [-0.39, 0.29) is 5.92 Å². The summed E-state index contributed by atoms with van der Waals surface area (Å²) in [5, 5.41) is 5.40. The molecule has 0 bridgehead atoms. The highest BCUT2D eigenvalue weighted by molar-refractivity contribution is 7.25. The summed E-state index contributed by atoms with van der Waals surface area (Å²) in [6.07, 6.45) is 7.96. The molecule has 9 rings (SSSR count). The van der Waals surface area contributed by atoms with E-state index < -0.39 is 0 Å². The van der Waals surface area contributed by atoms with E-state index in [2.05, 4.69) is 164 Å². The van der Waals surface area contributed by atoms with Gasteiger partial charge in [-0.1, -0.05) is 146 Å². The lowest BCUT2D eigenvalue weighted by Crippen LogP contribution is -2.37. The monoisotopic (exact) mass is 590 g/mol. The van der Waals surface area contributed by atoms with Gasteiger partial charge in [-0.15, -0.1) is 11.3 Å². The summed E-state index contributed by atoms with van der Waals surface area (Å²) in [4.78, 5) is 0. The first-order valence-corrected chi connectivity index (χ1v) is 16.5. The van der Waals surface area contributed by atoms with Crippen molar-refractivity contribution >= 4 is 42.7 Å². The minimum absolute atomic E-state index is 0.284. The quantitative estimate of drug-likeness (QED) is 0.191. The molecule has 0 spiro atoms. The number of fused-ring (bicyclic) bond motifs is 5. The largest absolute Gasteiger partial charge is 0.135 e. The van der Waals surface area contributed by atoms with Crippen LogP contribution < -0.4 is 10.4 Å². The summed E-state index contributed by atoms with van der Waals surface area (Å²) in [6, 6.07) is 53.6. The number of allylic oxidation sites excluding steroid dienone is 4. The van der Waals surface area contributed by atoms with Gasteiger partial charge in [-0.05, 0) is 85.2 Å². The third-order valence-electron chi connectivity index (χ3n) is 9.46. The molecule has 1 aromatic heterocycles. The molecule has 1 unspecified atom stereocenters. The molecule has 0 N–H and O–H groups in total. The first-order chi connectivity index (χ1) is 22.3. The van der Waals surface area contributed by atoms with E-state index in [9.17, 15) is 0 Å². The minimum Gasteiger partial charge on any atom is -0.135 e. The molecule has 0 aliphatic heterocycles. The molecule has 0 nitrogen and oxygen atoms in total. The molecular weight excluding hydrogens is 561 g/mol. The Morgan fingerprint density at radius 1 is 0.511 bits per heavy atom. The van der Waals surface area contributed by atoms with Crippen molar-refractivity contribution < 1.29 is 0 Å². The van der Waals surface area contributed by atoms with Crippen LogP contribution in [0.25, 0.3) is 53.6 Å². The zero-order valence-corrected chi connectivity index (χ0v) is 25.6. The Hall–Kier alpha value is -5.24. The SMILES string of the molecule is C1=CCC2C(=C1)C(c1ccc(-c3ccccc3)cc1)=c1ccccc1=C2c1cccc2sc3ccc(-c4ccccc4)cc3c12. The molecule has 0 saturated heterocycles. The average molecular weight is 591 g/mol. The van der Waals surface area contributed by atoms with Gasteiger partial charge in [0.05, 0.1) is 0 Å². The van der Waals surface area contributed by atoms with Crippen molar-refractivity contribution in [2.75, 3.05) is 0 Å². The van der Waals surface area contributed by atoms with E-state index in [0.717, 1.165) is 6.42 Å². The van der Waals surface area contributed by atoms with Crippen LogP contribution in [0.15, 0.2) is 169 Å². The zero-order valence-electron chi connectivity index (χ0n) is 24.8.